The maximum Gasteiger partial charge on any atom is 0.472 e. The Balaban J connectivity index is 5.18. The molecule has 0 bridgehead atoms. The molecule has 99 heavy (non-hydrogen) atoms. The van der Waals surface area contributed by atoms with Gasteiger partial charge in [0, 0.05) is 25.7 Å². The molecule has 6 atom stereocenters. The molecule has 0 saturated heterocycles. The fourth-order valence-electron chi connectivity index (χ4n) is 12.4. The molecular weight excluding hydrogens is 1290 g/mol. The van der Waals surface area contributed by atoms with Crippen LogP contribution >= 0.6 is 15.6 Å². The first-order valence-electron chi connectivity index (χ1n) is 41.7. The van der Waals surface area contributed by atoms with Crippen molar-refractivity contribution in [1.29, 1.82) is 0 Å². The number of carbonyl (C=O) groups is 4. The molecule has 0 aromatic rings. The molecule has 0 saturated carbocycles. The number of phosphoric acid groups is 2. The fraction of sp³-hybridized carbons (Fsp3) is 0.950. The molecule has 17 nitrogen and oxygen atoms in total. The van der Waals surface area contributed by atoms with Gasteiger partial charge in [0.05, 0.1) is 26.4 Å². The van der Waals surface area contributed by atoms with Crippen molar-refractivity contribution in [2.75, 3.05) is 39.6 Å². The third-order valence-corrected chi connectivity index (χ3v) is 21.0. The van der Waals surface area contributed by atoms with Gasteiger partial charge < -0.3 is 33.8 Å². The second-order valence-corrected chi connectivity index (χ2v) is 32.0. The molecule has 3 N–H and O–H groups in total. The number of esters is 4. The number of aliphatic hydroxyl groups excluding tert-OH is 1. The summed E-state index contributed by atoms with van der Waals surface area (Å²) in [6, 6.07) is 0. The van der Waals surface area contributed by atoms with Crippen LogP contribution in [-0.4, -0.2) is 96.7 Å². The average Bonchev–Trinajstić information content (AvgIpc) is 1.09. The van der Waals surface area contributed by atoms with Gasteiger partial charge >= 0.3 is 39.5 Å². The summed E-state index contributed by atoms with van der Waals surface area (Å²) in [5.41, 5.74) is 0. The van der Waals surface area contributed by atoms with Gasteiger partial charge in [-0.05, 0) is 31.6 Å². The van der Waals surface area contributed by atoms with Crippen molar-refractivity contribution in [3.63, 3.8) is 0 Å². The number of ether oxygens (including phenoxy) is 4. The second-order valence-electron chi connectivity index (χ2n) is 29.1. The molecule has 3 unspecified atom stereocenters. The Morgan fingerprint density at radius 2 is 0.485 bits per heavy atom. The smallest absolute Gasteiger partial charge is 0.462 e. The van der Waals surface area contributed by atoms with Crippen LogP contribution in [0.5, 0.6) is 0 Å². The Morgan fingerprint density at radius 3 is 0.717 bits per heavy atom. The van der Waals surface area contributed by atoms with E-state index >= 15 is 0 Å². The Kier molecular flexibility index (Phi) is 71.6. The molecule has 0 heterocycles. The van der Waals surface area contributed by atoms with Gasteiger partial charge in [-0.3, -0.25) is 37.3 Å². The van der Waals surface area contributed by atoms with Crippen molar-refractivity contribution in [1.82, 2.24) is 0 Å². The second kappa shape index (κ2) is 73.0. The van der Waals surface area contributed by atoms with Crippen LogP contribution in [0.4, 0.5) is 0 Å². The first-order chi connectivity index (χ1) is 48.1. The summed E-state index contributed by atoms with van der Waals surface area (Å²) in [6.07, 6.45) is 63.8. The van der Waals surface area contributed by atoms with Crippen molar-refractivity contribution in [2.45, 2.75) is 445 Å². The zero-order valence-corrected chi connectivity index (χ0v) is 66.4. The monoisotopic (exact) mass is 1450 g/mol. The van der Waals surface area contributed by atoms with Crippen molar-refractivity contribution in [2.24, 2.45) is 5.92 Å². The van der Waals surface area contributed by atoms with E-state index in [0.717, 1.165) is 102 Å². The quantitative estimate of drug-likeness (QED) is 0.0222. The maximum atomic E-state index is 13.1. The van der Waals surface area contributed by atoms with E-state index in [1.54, 1.807) is 0 Å². The van der Waals surface area contributed by atoms with Crippen LogP contribution in [0.3, 0.4) is 0 Å². The molecule has 0 aliphatic carbocycles. The minimum Gasteiger partial charge on any atom is -0.462 e. The summed E-state index contributed by atoms with van der Waals surface area (Å²) < 4.78 is 68.6. The van der Waals surface area contributed by atoms with E-state index in [1.165, 1.54) is 244 Å². The number of carbonyl (C=O) groups excluding carboxylic acids is 4. The summed E-state index contributed by atoms with van der Waals surface area (Å²) in [5, 5.41) is 10.6. The number of aliphatic hydroxyl groups is 1. The molecule has 0 aromatic heterocycles. The molecule has 0 spiro atoms. The summed E-state index contributed by atoms with van der Waals surface area (Å²) in [6.45, 7) is 7.37. The molecule has 0 aromatic carbocycles. The fourth-order valence-corrected chi connectivity index (χ4v) is 14.0. The molecule has 0 radical (unpaired) electrons. The number of unbranched alkanes of at least 4 members (excludes halogenated alkanes) is 51. The highest BCUT2D eigenvalue weighted by molar-refractivity contribution is 7.47. The summed E-state index contributed by atoms with van der Waals surface area (Å²) >= 11 is 0. The zero-order valence-electron chi connectivity index (χ0n) is 64.6. The molecular formula is C80H156O17P2. The zero-order chi connectivity index (χ0) is 72.7. The molecule has 0 amide bonds. The molecule has 0 rings (SSSR count). The van der Waals surface area contributed by atoms with E-state index < -0.39 is 97.5 Å². The van der Waals surface area contributed by atoms with E-state index in [4.69, 9.17) is 37.0 Å². The Bertz CT molecular complexity index is 1890. The van der Waals surface area contributed by atoms with Gasteiger partial charge in [0.25, 0.3) is 0 Å². The largest absolute Gasteiger partial charge is 0.472 e. The van der Waals surface area contributed by atoms with Gasteiger partial charge in [0.1, 0.15) is 19.3 Å². The average molecular weight is 1450 g/mol. The first kappa shape index (κ1) is 97.1. The van der Waals surface area contributed by atoms with Crippen LogP contribution in [-0.2, 0) is 65.4 Å². The van der Waals surface area contributed by atoms with E-state index in [2.05, 4.69) is 34.6 Å². The lowest BCUT2D eigenvalue weighted by atomic mass is 9.99. The van der Waals surface area contributed by atoms with Gasteiger partial charge in [0.2, 0.25) is 0 Å². The van der Waals surface area contributed by atoms with Gasteiger partial charge in [-0.1, -0.05) is 375 Å². The highest BCUT2D eigenvalue weighted by atomic mass is 31.2. The minimum absolute atomic E-state index is 0.108. The van der Waals surface area contributed by atoms with E-state index in [1.807, 2.05) is 0 Å². The lowest BCUT2D eigenvalue weighted by Gasteiger charge is -2.21. The van der Waals surface area contributed by atoms with E-state index in [-0.39, 0.29) is 25.7 Å². The Labute approximate surface area is 607 Å². The Morgan fingerprint density at radius 1 is 0.283 bits per heavy atom. The summed E-state index contributed by atoms with van der Waals surface area (Å²) in [4.78, 5) is 72.9. The van der Waals surface area contributed by atoms with Crippen LogP contribution in [0, 0.1) is 5.92 Å². The Hall–Kier alpha value is -1.94. The molecule has 0 aliphatic rings. The summed E-state index contributed by atoms with van der Waals surface area (Å²) in [7, 11) is -9.91. The number of phosphoric ester groups is 2. The van der Waals surface area contributed by atoms with Crippen molar-refractivity contribution in [3.05, 3.63) is 0 Å². The highest BCUT2D eigenvalue weighted by Gasteiger charge is 2.30. The SMILES string of the molecule is CCCCCCCCCCCCCCCCCCC(=O)OC[C@H](COP(=O)(O)OC[C@@H](O)COP(=O)(O)OC[C@@H](COC(=O)CCCCCCCCCC)OC(=O)CCCCCCCCCCCCCCC)OC(=O)CCCCCCCCCCCCCCCCCCCCC(C)CC. The highest BCUT2D eigenvalue weighted by Crippen LogP contribution is 2.45. The number of hydrogen-bond acceptors (Lipinski definition) is 15. The van der Waals surface area contributed by atoms with Gasteiger partial charge in [-0.25, -0.2) is 9.13 Å². The maximum absolute atomic E-state index is 13.1. The number of hydrogen-bond donors (Lipinski definition) is 3. The van der Waals surface area contributed by atoms with Crippen molar-refractivity contribution in [3.8, 4) is 0 Å². The van der Waals surface area contributed by atoms with Crippen LogP contribution in [0.2, 0.25) is 0 Å². The topological polar surface area (TPSA) is 237 Å². The standard InChI is InChI=1S/C80H156O17P2/c1-6-10-13-16-19-22-24-26-27-33-37-40-44-49-54-59-64-78(83)91-70-76(97-80(85)66-61-56-51-46-42-38-34-31-29-28-30-32-36-39-43-47-52-57-62-73(5)9-4)72-95-99(88,89)93-68-74(81)67-92-98(86,87)94-71-75(69-90-77(82)63-58-53-48-21-18-15-12-8-3)96-79(84)65-60-55-50-45-41-35-25-23-20-17-14-11-7-2/h73-76,81H,6-72H2,1-5H3,(H,86,87)(H,88,89)/t73?,74-,75+,76+/m0/s1. The van der Waals surface area contributed by atoms with Crippen molar-refractivity contribution < 1.29 is 80.2 Å². The lowest BCUT2D eigenvalue weighted by molar-refractivity contribution is -0.161. The van der Waals surface area contributed by atoms with Gasteiger partial charge in [-0.2, -0.15) is 0 Å². The van der Waals surface area contributed by atoms with Crippen LogP contribution in [0.25, 0.3) is 0 Å². The van der Waals surface area contributed by atoms with Crippen LogP contribution in [0.1, 0.15) is 426 Å². The van der Waals surface area contributed by atoms with Gasteiger partial charge in [-0.15, -0.1) is 0 Å². The third kappa shape index (κ3) is 72.8. The van der Waals surface area contributed by atoms with Crippen molar-refractivity contribution >= 4 is 39.5 Å². The molecule has 0 fully saturated rings. The van der Waals surface area contributed by atoms with E-state index in [0.29, 0.717) is 25.7 Å². The molecule has 588 valence electrons. The summed E-state index contributed by atoms with van der Waals surface area (Å²) in [5.74, 6) is -1.24. The molecule has 0 aliphatic heterocycles. The normalized spacial score (nSPS) is 14.1. The minimum atomic E-state index is -4.96. The third-order valence-electron chi connectivity index (χ3n) is 19.1. The molecule has 19 heteroatoms. The van der Waals surface area contributed by atoms with Crippen LogP contribution < -0.4 is 0 Å². The number of rotatable bonds is 80. The predicted octanol–water partition coefficient (Wildman–Crippen LogP) is 24.0. The van der Waals surface area contributed by atoms with E-state index in [9.17, 15) is 43.2 Å². The van der Waals surface area contributed by atoms with Gasteiger partial charge in [0.15, 0.2) is 12.2 Å². The lowest BCUT2D eigenvalue weighted by Crippen LogP contribution is -2.30. The van der Waals surface area contributed by atoms with Crippen LogP contribution in [0.15, 0.2) is 0 Å². The predicted molar refractivity (Wildman–Crippen MR) is 405 cm³/mol. The first-order valence-corrected chi connectivity index (χ1v) is 44.7.